The number of nitrogens with zero attached hydrogens (tertiary/aromatic N) is 5. The van der Waals surface area contributed by atoms with Crippen LogP contribution in [0.5, 0.6) is 0 Å². The van der Waals surface area contributed by atoms with Crippen molar-refractivity contribution in [2.75, 3.05) is 0 Å². The largest absolute Gasteiger partial charge is 0.264 e. The van der Waals surface area contributed by atoms with Gasteiger partial charge in [0.2, 0.25) is 0 Å². The van der Waals surface area contributed by atoms with E-state index in [1.165, 1.54) is 49.0 Å². The Morgan fingerprint density at radius 2 is 0.792 bits per heavy atom. The number of fused-ring (bicyclic) bond motifs is 6. The number of benzene rings is 6. The summed E-state index contributed by atoms with van der Waals surface area (Å²) in [4.78, 5) is 23.2. The number of hydrogen-bond donors (Lipinski definition) is 0. The highest BCUT2D eigenvalue weighted by Gasteiger charge is 2.17. The predicted molar refractivity (Wildman–Crippen MR) is 195 cm³/mol. The molecule has 0 fully saturated rings. The minimum Gasteiger partial charge on any atom is -0.264 e. The lowest BCUT2D eigenvalue weighted by molar-refractivity contribution is 1.07. The van der Waals surface area contributed by atoms with Gasteiger partial charge in [-0.2, -0.15) is 0 Å². The molecule has 3 aromatic heterocycles. The van der Waals surface area contributed by atoms with Crippen molar-refractivity contribution < 1.29 is 0 Å². The van der Waals surface area contributed by atoms with Crippen molar-refractivity contribution in [3.05, 3.63) is 164 Å². The first-order valence-electron chi connectivity index (χ1n) is 15.9. The van der Waals surface area contributed by atoms with E-state index in [-0.39, 0.29) is 0 Å². The second kappa shape index (κ2) is 11.6. The average Bonchev–Trinajstić information content (AvgIpc) is 3.18. The molecule has 0 saturated carbocycles. The molecule has 5 heteroatoms. The molecule has 0 aliphatic heterocycles. The standard InChI is InChI=1S/C43H27N5/c1-2-10-28(11-3-1)33-24-38(40-37-17-7-6-15-35(37)34-14-4-5-16-36(34)39(40)25-33)29-18-20-30(21-19-29)41-46-42(31-12-8-22-44-26-31)48-43(47-41)32-13-9-23-45-27-32/h1-27H. The number of aromatic nitrogens is 5. The maximum absolute atomic E-state index is 4.90. The molecule has 0 aliphatic carbocycles. The van der Waals surface area contributed by atoms with E-state index in [0.717, 1.165) is 22.3 Å². The first-order chi connectivity index (χ1) is 23.8. The fourth-order valence-electron chi connectivity index (χ4n) is 6.61. The summed E-state index contributed by atoms with van der Waals surface area (Å²) in [5.41, 5.74) is 7.22. The Balaban J connectivity index is 1.25. The zero-order chi connectivity index (χ0) is 31.9. The normalized spacial score (nSPS) is 11.3. The van der Waals surface area contributed by atoms with E-state index in [0.29, 0.717) is 17.5 Å². The maximum Gasteiger partial charge on any atom is 0.165 e. The lowest BCUT2D eigenvalue weighted by Crippen LogP contribution is -2.00. The number of pyridine rings is 2. The Labute approximate surface area is 277 Å². The van der Waals surface area contributed by atoms with Gasteiger partial charge < -0.3 is 0 Å². The molecule has 0 amide bonds. The molecular formula is C43H27N5. The summed E-state index contributed by atoms with van der Waals surface area (Å²) in [5.74, 6) is 1.72. The second-order valence-corrected chi connectivity index (χ2v) is 11.8. The topological polar surface area (TPSA) is 64.5 Å². The van der Waals surface area contributed by atoms with Crippen LogP contribution in [0.3, 0.4) is 0 Å². The van der Waals surface area contributed by atoms with E-state index in [4.69, 9.17) is 15.0 Å². The van der Waals surface area contributed by atoms with Crippen molar-refractivity contribution in [3.8, 4) is 56.4 Å². The van der Waals surface area contributed by atoms with Gasteiger partial charge in [0.15, 0.2) is 17.5 Å². The van der Waals surface area contributed by atoms with Gasteiger partial charge in [0, 0.05) is 41.5 Å². The Morgan fingerprint density at radius 1 is 0.312 bits per heavy atom. The summed E-state index contributed by atoms with van der Waals surface area (Å²) >= 11 is 0. The van der Waals surface area contributed by atoms with Gasteiger partial charge in [-0.1, -0.05) is 103 Å². The van der Waals surface area contributed by atoms with E-state index >= 15 is 0 Å². The lowest BCUT2D eigenvalue weighted by atomic mass is 9.87. The molecule has 0 atom stereocenters. The highest BCUT2D eigenvalue weighted by molar-refractivity contribution is 6.29. The molecule has 9 aromatic rings. The highest BCUT2D eigenvalue weighted by atomic mass is 15.0. The summed E-state index contributed by atoms with van der Waals surface area (Å²) in [6, 6.07) is 49.0. The van der Waals surface area contributed by atoms with Gasteiger partial charge in [-0.05, 0) is 91.0 Å². The van der Waals surface area contributed by atoms with Crippen molar-refractivity contribution in [3.63, 3.8) is 0 Å². The molecule has 0 N–H and O–H groups in total. The summed E-state index contributed by atoms with van der Waals surface area (Å²) in [6.07, 6.45) is 7.03. The fraction of sp³-hybridized carbons (Fsp3) is 0. The summed E-state index contributed by atoms with van der Waals surface area (Å²) in [6.45, 7) is 0. The van der Waals surface area contributed by atoms with Crippen LogP contribution in [-0.4, -0.2) is 24.9 Å². The fourth-order valence-corrected chi connectivity index (χ4v) is 6.61. The van der Waals surface area contributed by atoms with Crippen molar-refractivity contribution in [1.82, 2.24) is 24.9 Å². The monoisotopic (exact) mass is 613 g/mol. The van der Waals surface area contributed by atoms with Gasteiger partial charge in [-0.25, -0.2) is 15.0 Å². The Bertz CT molecular complexity index is 2530. The van der Waals surface area contributed by atoms with Crippen molar-refractivity contribution in [1.29, 1.82) is 0 Å². The van der Waals surface area contributed by atoms with Crippen LogP contribution in [0.2, 0.25) is 0 Å². The van der Waals surface area contributed by atoms with Crippen molar-refractivity contribution >= 4 is 32.3 Å². The summed E-state index contributed by atoms with van der Waals surface area (Å²) in [7, 11) is 0. The molecule has 48 heavy (non-hydrogen) atoms. The Morgan fingerprint density at radius 3 is 1.38 bits per heavy atom. The molecule has 0 bridgehead atoms. The van der Waals surface area contributed by atoms with Crippen LogP contribution < -0.4 is 0 Å². The minimum atomic E-state index is 0.566. The zero-order valence-electron chi connectivity index (χ0n) is 25.8. The van der Waals surface area contributed by atoms with Crippen LogP contribution in [0.25, 0.3) is 88.7 Å². The molecular weight excluding hydrogens is 587 g/mol. The van der Waals surface area contributed by atoms with Gasteiger partial charge in [0.1, 0.15) is 0 Å². The van der Waals surface area contributed by atoms with E-state index in [1.807, 2.05) is 24.3 Å². The molecule has 3 heterocycles. The van der Waals surface area contributed by atoms with Crippen LogP contribution in [-0.2, 0) is 0 Å². The van der Waals surface area contributed by atoms with E-state index < -0.39 is 0 Å². The third kappa shape index (κ3) is 4.86. The molecule has 224 valence electrons. The molecule has 5 nitrogen and oxygen atoms in total. The van der Waals surface area contributed by atoms with E-state index in [2.05, 4.69) is 125 Å². The molecule has 9 rings (SSSR count). The van der Waals surface area contributed by atoms with Crippen molar-refractivity contribution in [2.45, 2.75) is 0 Å². The van der Waals surface area contributed by atoms with Crippen LogP contribution in [0.15, 0.2) is 164 Å². The van der Waals surface area contributed by atoms with Gasteiger partial charge in [0.05, 0.1) is 0 Å². The van der Waals surface area contributed by atoms with Crippen molar-refractivity contribution in [2.24, 2.45) is 0 Å². The smallest absolute Gasteiger partial charge is 0.165 e. The molecule has 0 radical (unpaired) electrons. The average molecular weight is 614 g/mol. The SMILES string of the molecule is c1ccc(-c2cc(-c3ccc(-c4nc(-c5cccnc5)nc(-c5cccnc5)n4)cc3)c3c4ccccc4c4ccccc4c3c2)cc1. The third-order valence-corrected chi connectivity index (χ3v) is 8.88. The number of hydrogen-bond acceptors (Lipinski definition) is 5. The highest BCUT2D eigenvalue weighted by Crippen LogP contribution is 2.43. The minimum absolute atomic E-state index is 0.566. The van der Waals surface area contributed by atoms with Crippen LogP contribution >= 0.6 is 0 Å². The Hall–Kier alpha value is -6.59. The van der Waals surface area contributed by atoms with Crippen LogP contribution in [0, 0.1) is 0 Å². The predicted octanol–water partition coefficient (Wildman–Crippen LogP) is 10.5. The molecule has 0 saturated heterocycles. The third-order valence-electron chi connectivity index (χ3n) is 8.88. The quantitative estimate of drug-likeness (QED) is 0.181. The van der Waals surface area contributed by atoms with Crippen LogP contribution in [0.1, 0.15) is 0 Å². The lowest BCUT2D eigenvalue weighted by Gasteiger charge is -2.17. The second-order valence-electron chi connectivity index (χ2n) is 11.8. The molecule has 0 spiro atoms. The van der Waals surface area contributed by atoms with E-state index in [1.54, 1.807) is 24.8 Å². The van der Waals surface area contributed by atoms with Crippen LogP contribution in [0.4, 0.5) is 0 Å². The zero-order valence-corrected chi connectivity index (χ0v) is 25.8. The molecule has 0 unspecified atom stereocenters. The van der Waals surface area contributed by atoms with Gasteiger partial charge in [0.25, 0.3) is 0 Å². The maximum atomic E-state index is 4.90. The summed E-state index contributed by atoms with van der Waals surface area (Å²) < 4.78 is 0. The number of rotatable bonds is 5. The van der Waals surface area contributed by atoms with E-state index in [9.17, 15) is 0 Å². The van der Waals surface area contributed by atoms with Gasteiger partial charge >= 0.3 is 0 Å². The van der Waals surface area contributed by atoms with Gasteiger partial charge in [-0.3, -0.25) is 9.97 Å². The van der Waals surface area contributed by atoms with Gasteiger partial charge in [-0.15, -0.1) is 0 Å². The Kier molecular flexibility index (Phi) is 6.72. The summed E-state index contributed by atoms with van der Waals surface area (Å²) in [5, 5.41) is 7.49. The molecule has 0 aliphatic rings. The first kappa shape index (κ1) is 27.7. The first-order valence-corrected chi connectivity index (χ1v) is 15.9. The molecule has 6 aromatic carbocycles.